The van der Waals surface area contributed by atoms with Crippen molar-refractivity contribution in [2.24, 2.45) is 0 Å². The third-order valence-electron chi connectivity index (χ3n) is 5.50. The number of nitrogens with one attached hydrogen (secondary N) is 1. The Balaban J connectivity index is 1.65. The number of fused-ring (bicyclic) bond motifs is 1. The van der Waals surface area contributed by atoms with Crippen molar-refractivity contribution in [2.45, 2.75) is 23.9 Å². The third-order valence-corrected chi connectivity index (χ3v) is 7.37. The van der Waals surface area contributed by atoms with Crippen molar-refractivity contribution in [3.05, 3.63) is 95.3 Å². The topological polar surface area (TPSA) is 92.8 Å². The van der Waals surface area contributed by atoms with Gasteiger partial charge in [0.15, 0.2) is 0 Å². The Hall–Kier alpha value is -3.56. The van der Waals surface area contributed by atoms with E-state index < -0.39 is 33.8 Å². The Bertz CT molecular complexity index is 1290. The van der Waals surface area contributed by atoms with Crippen LogP contribution in [-0.2, 0) is 32.5 Å². The van der Waals surface area contributed by atoms with E-state index in [0.717, 1.165) is 27.6 Å². The summed E-state index contributed by atoms with van der Waals surface area (Å²) in [7, 11) is -2.81. The molecule has 0 aromatic heterocycles. The number of hydrogen-bond donors (Lipinski definition) is 1. The first-order valence-electron chi connectivity index (χ1n) is 10.1. The second-order valence-electron chi connectivity index (χ2n) is 7.55. The summed E-state index contributed by atoms with van der Waals surface area (Å²) in [5.74, 6) is -1.57. The maximum Gasteiger partial charge on any atom is 0.337 e. The minimum Gasteiger partial charge on any atom is -0.465 e. The van der Waals surface area contributed by atoms with Crippen LogP contribution in [0.25, 0.3) is 0 Å². The molecular formula is C24H21FN2O5S. The van der Waals surface area contributed by atoms with Crippen molar-refractivity contribution in [3.8, 4) is 0 Å². The molecule has 1 unspecified atom stereocenters. The molecule has 0 aliphatic carbocycles. The van der Waals surface area contributed by atoms with Crippen LogP contribution in [0, 0.1) is 5.82 Å². The number of benzene rings is 3. The molecule has 1 atom stereocenters. The molecule has 7 nitrogen and oxygen atoms in total. The first-order valence-corrected chi connectivity index (χ1v) is 11.6. The maximum atomic E-state index is 13.4. The molecule has 4 rings (SSSR count). The quantitative estimate of drug-likeness (QED) is 0.580. The first-order chi connectivity index (χ1) is 15.8. The van der Waals surface area contributed by atoms with Gasteiger partial charge >= 0.3 is 5.97 Å². The molecule has 170 valence electrons. The summed E-state index contributed by atoms with van der Waals surface area (Å²) in [5.41, 5.74) is 2.41. The summed E-state index contributed by atoms with van der Waals surface area (Å²) in [6.45, 7) is 0.00917. The van der Waals surface area contributed by atoms with Gasteiger partial charge in [0.2, 0.25) is 15.9 Å². The lowest BCUT2D eigenvalue weighted by Crippen LogP contribution is -2.50. The van der Waals surface area contributed by atoms with E-state index in [1.165, 1.54) is 31.4 Å². The summed E-state index contributed by atoms with van der Waals surface area (Å²) in [6.07, 6.45) is 0.183. The molecular weight excluding hydrogens is 447 g/mol. The van der Waals surface area contributed by atoms with Gasteiger partial charge in [-0.15, -0.1) is 0 Å². The van der Waals surface area contributed by atoms with Crippen LogP contribution in [0.4, 0.5) is 10.1 Å². The Morgan fingerprint density at radius 2 is 1.61 bits per heavy atom. The molecule has 0 bridgehead atoms. The molecule has 1 N–H and O–H groups in total. The molecule has 33 heavy (non-hydrogen) atoms. The van der Waals surface area contributed by atoms with Gasteiger partial charge in [0.1, 0.15) is 11.9 Å². The number of methoxy groups -OCH3 is 1. The number of rotatable bonds is 5. The van der Waals surface area contributed by atoms with Gasteiger partial charge in [0.25, 0.3) is 0 Å². The number of ether oxygens (including phenoxy) is 1. The fourth-order valence-corrected chi connectivity index (χ4v) is 5.32. The molecule has 1 aliphatic heterocycles. The van der Waals surface area contributed by atoms with E-state index in [2.05, 4.69) is 10.1 Å². The van der Waals surface area contributed by atoms with Crippen LogP contribution in [0.3, 0.4) is 0 Å². The van der Waals surface area contributed by atoms with Crippen molar-refractivity contribution in [2.75, 3.05) is 12.4 Å². The smallest absolute Gasteiger partial charge is 0.337 e. The molecule has 0 spiro atoms. The molecule has 9 heteroatoms. The van der Waals surface area contributed by atoms with E-state index in [0.29, 0.717) is 11.3 Å². The van der Waals surface area contributed by atoms with Crippen molar-refractivity contribution in [1.82, 2.24) is 4.31 Å². The van der Waals surface area contributed by atoms with E-state index in [-0.39, 0.29) is 17.9 Å². The van der Waals surface area contributed by atoms with Crippen LogP contribution in [0.2, 0.25) is 0 Å². The van der Waals surface area contributed by atoms with E-state index in [1.54, 1.807) is 12.1 Å². The molecule has 0 fully saturated rings. The van der Waals surface area contributed by atoms with E-state index >= 15 is 0 Å². The van der Waals surface area contributed by atoms with Crippen molar-refractivity contribution < 1.29 is 27.1 Å². The second kappa shape index (κ2) is 9.13. The van der Waals surface area contributed by atoms with Crippen LogP contribution < -0.4 is 5.32 Å². The molecule has 1 amide bonds. The van der Waals surface area contributed by atoms with E-state index in [1.807, 2.05) is 24.3 Å². The molecule has 1 aliphatic rings. The summed E-state index contributed by atoms with van der Waals surface area (Å²) < 4.78 is 46.0. The van der Waals surface area contributed by atoms with Crippen LogP contribution in [0.15, 0.2) is 77.7 Å². The minimum atomic E-state index is -4.08. The minimum absolute atomic E-state index is 0.00917. The Morgan fingerprint density at radius 3 is 2.24 bits per heavy atom. The highest BCUT2D eigenvalue weighted by atomic mass is 32.2. The SMILES string of the molecule is COC(=O)c1ccc(NC(=O)C2Cc3ccccc3CN2S(=O)(=O)c2ccc(F)cc2)cc1. The second-order valence-corrected chi connectivity index (χ2v) is 9.44. The zero-order chi connectivity index (χ0) is 23.6. The number of carbonyl (C=O) groups excluding carboxylic acids is 2. The monoisotopic (exact) mass is 468 g/mol. The molecule has 0 saturated carbocycles. The molecule has 1 heterocycles. The average Bonchev–Trinajstić information content (AvgIpc) is 2.83. The molecule has 3 aromatic rings. The summed E-state index contributed by atoms with van der Waals surface area (Å²) in [5, 5.41) is 2.73. The van der Waals surface area contributed by atoms with Crippen molar-refractivity contribution in [3.63, 3.8) is 0 Å². The Kier molecular flexibility index (Phi) is 6.26. The van der Waals surface area contributed by atoms with Gasteiger partial charge in [-0.05, 0) is 66.1 Å². The zero-order valence-electron chi connectivity index (χ0n) is 17.7. The summed E-state index contributed by atoms with van der Waals surface area (Å²) >= 11 is 0. The average molecular weight is 469 g/mol. The van der Waals surface area contributed by atoms with Gasteiger partial charge in [-0.25, -0.2) is 17.6 Å². The lowest BCUT2D eigenvalue weighted by molar-refractivity contribution is -0.120. The van der Waals surface area contributed by atoms with Gasteiger partial charge in [-0.1, -0.05) is 24.3 Å². The van der Waals surface area contributed by atoms with Crippen molar-refractivity contribution in [1.29, 1.82) is 0 Å². The largest absolute Gasteiger partial charge is 0.465 e. The fourth-order valence-electron chi connectivity index (χ4n) is 3.75. The highest BCUT2D eigenvalue weighted by Gasteiger charge is 2.39. The fraction of sp³-hybridized carbons (Fsp3) is 0.167. The standard InChI is InChI=1S/C24H21FN2O5S/c1-32-24(29)16-6-10-20(11-7-16)26-23(28)22-14-17-4-2-3-5-18(17)15-27(22)33(30,31)21-12-8-19(25)9-13-21/h2-13,22H,14-15H2,1H3,(H,26,28). The predicted molar refractivity (Wildman–Crippen MR) is 119 cm³/mol. The first kappa shape index (κ1) is 22.6. The van der Waals surface area contributed by atoms with Crippen LogP contribution in [0.1, 0.15) is 21.5 Å². The Labute approximate surface area is 190 Å². The van der Waals surface area contributed by atoms with E-state index in [4.69, 9.17) is 0 Å². The van der Waals surface area contributed by atoms with Gasteiger partial charge in [0.05, 0.1) is 17.6 Å². The number of hydrogen-bond acceptors (Lipinski definition) is 5. The van der Waals surface area contributed by atoms with Crippen molar-refractivity contribution >= 4 is 27.6 Å². The highest BCUT2D eigenvalue weighted by molar-refractivity contribution is 7.89. The number of amides is 1. The number of carbonyl (C=O) groups is 2. The van der Waals surface area contributed by atoms with Gasteiger partial charge < -0.3 is 10.1 Å². The third kappa shape index (κ3) is 4.64. The van der Waals surface area contributed by atoms with E-state index in [9.17, 15) is 22.4 Å². The van der Waals surface area contributed by atoms with Crippen LogP contribution >= 0.6 is 0 Å². The molecule has 0 radical (unpaired) electrons. The maximum absolute atomic E-state index is 13.4. The summed E-state index contributed by atoms with van der Waals surface area (Å²) in [6, 6.07) is 16.9. The van der Waals surface area contributed by atoms with Gasteiger partial charge in [0, 0.05) is 12.2 Å². The lowest BCUT2D eigenvalue weighted by atomic mass is 9.95. The molecule has 3 aromatic carbocycles. The number of sulfonamides is 1. The number of esters is 1. The van der Waals surface area contributed by atoms with Crippen LogP contribution in [0.5, 0.6) is 0 Å². The zero-order valence-corrected chi connectivity index (χ0v) is 18.5. The van der Waals surface area contributed by atoms with Gasteiger partial charge in [-0.2, -0.15) is 4.31 Å². The normalized spacial score (nSPS) is 16.0. The number of nitrogens with zero attached hydrogens (tertiary/aromatic N) is 1. The Morgan fingerprint density at radius 1 is 0.970 bits per heavy atom. The lowest BCUT2D eigenvalue weighted by Gasteiger charge is -2.35. The number of anilines is 1. The molecule has 0 saturated heterocycles. The number of halogens is 1. The van der Waals surface area contributed by atoms with Crippen LogP contribution in [-0.4, -0.2) is 37.8 Å². The predicted octanol–water partition coefficient (Wildman–Crippen LogP) is 3.37. The van der Waals surface area contributed by atoms with Gasteiger partial charge in [-0.3, -0.25) is 4.79 Å². The highest BCUT2D eigenvalue weighted by Crippen LogP contribution is 2.30. The summed E-state index contributed by atoms with van der Waals surface area (Å²) in [4.78, 5) is 24.7.